The second-order valence-corrected chi connectivity index (χ2v) is 6.62. The Morgan fingerprint density at radius 3 is 2.36 bits per heavy atom. The molecule has 2 amide bonds. The molecular weight excluding hydrogens is 325 g/mol. The monoisotopic (exact) mass is 345 g/mol. The maximum Gasteiger partial charge on any atom is 0.257 e. The Kier molecular flexibility index (Phi) is 6.97. The maximum atomic E-state index is 12.3. The summed E-state index contributed by atoms with van der Waals surface area (Å²) in [6.45, 7) is 4.61. The SMILES string of the molecule is CC(C)CNC(=O)c1cc(NC(=O)C(Cl)Cl)ccc1N(C)C. The minimum absolute atomic E-state index is 0.193. The van der Waals surface area contributed by atoms with E-state index in [-0.39, 0.29) is 5.91 Å². The second-order valence-electron chi connectivity index (χ2n) is 5.52. The predicted octanol–water partition coefficient (Wildman–Crippen LogP) is 2.88. The van der Waals surface area contributed by atoms with Crippen LogP contribution in [0.15, 0.2) is 18.2 Å². The molecule has 122 valence electrons. The normalized spacial score (nSPS) is 10.7. The lowest BCUT2D eigenvalue weighted by Gasteiger charge is -2.19. The van der Waals surface area contributed by atoms with Crippen molar-refractivity contribution in [2.24, 2.45) is 5.92 Å². The molecule has 0 fully saturated rings. The first kappa shape index (κ1) is 18.6. The van der Waals surface area contributed by atoms with Gasteiger partial charge in [-0.3, -0.25) is 9.59 Å². The quantitative estimate of drug-likeness (QED) is 0.779. The Bertz CT molecular complexity index is 546. The summed E-state index contributed by atoms with van der Waals surface area (Å²) in [6.07, 6.45) is 0. The molecular formula is C15H21Cl2N3O2. The van der Waals surface area contributed by atoms with Gasteiger partial charge in [0.2, 0.25) is 0 Å². The molecule has 22 heavy (non-hydrogen) atoms. The zero-order valence-corrected chi connectivity index (χ0v) is 14.6. The van der Waals surface area contributed by atoms with Crippen LogP contribution < -0.4 is 15.5 Å². The molecule has 0 aliphatic heterocycles. The van der Waals surface area contributed by atoms with Crippen LogP contribution in [0.25, 0.3) is 0 Å². The van der Waals surface area contributed by atoms with Crippen LogP contribution in [0.5, 0.6) is 0 Å². The fourth-order valence-corrected chi connectivity index (χ4v) is 1.88. The Morgan fingerprint density at radius 1 is 1.23 bits per heavy atom. The van der Waals surface area contributed by atoms with Crippen LogP contribution in [-0.2, 0) is 4.79 Å². The Hall–Kier alpha value is -1.46. The highest BCUT2D eigenvalue weighted by Gasteiger charge is 2.16. The molecule has 0 heterocycles. The number of hydrogen-bond donors (Lipinski definition) is 2. The number of nitrogens with one attached hydrogen (secondary N) is 2. The predicted molar refractivity (Wildman–Crippen MR) is 92.1 cm³/mol. The third kappa shape index (κ3) is 5.39. The van der Waals surface area contributed by atoms with Crippen molar-refractivity contribution in [2.75, 3.05) is 30.9 Å². The number of nitrogens with zero attached hydrogens (tertiary/aromatic N) is 1. The van der Waals surface area contributed by atoms with Crippen molar-refractivity contribution < 1.29 is 9.59 Å². The third-order valence-electron chi connectivity index (χ3n) is 2.86. The van der Waals surface area contributed by atoms with Crippen LogP contribution in [0.1, 0.15) is 24.2 Å². The average molecular weight is 346 g/mol. The average Bonchev–Trinajstić information content (AvgIpc) is 2.44. The summed E-state index contributed by atoms with van der Waals surface area (Å²) in [4.78, 5) is 24.6. The molecule has 0 bridgehead atoms. The summed E-state index contributed by atoms with van der Waals surface area (Å²) in [5.74, 6) is -0.376. The summed E-state index contributed by atoms with van der Waals surface area (Å²) < 4.78 is 0. The van der Waals surface area contributed by atoms with Crippen molar-refractivity contribution in [1.29, 1.82) is 0 Å². The van der Waals surface area contributed by atoms with E-state index in [0.29, 0.717) is 23.7 Å². The van der Waals surface area contributed by atoms with Gasteiger partial charge < -0.3 is 15.5 Å². The molecule has 0 atom stereocenters. The molecule has 0 radical (unpaired) electrons. The zero-order chi connectivity index (χ0) is 16.9. The number of anilines is 2. The number of amides is 2. The summed E-state index contributed by atoms with van der Waals surface area (Å²) in [6, 6.07) is 5.07. The van der Waals surface area contributed by atoms with Crippen molar-refractivity contribution >= 4 is 46.4 Å². The number of carbonyl (C=O) groups is 2. The van der Waals surface area contributed by atoms with Crippen molar-refractivity contribution in [3.63, 3.8) is 0 Å². The van der Waals surface area contributed by atoms with Crippen LogP contribution in [0, 0.1) is 5.92 Å². The van der Waals surface area contributed by atoms with Crippen LogP contribution in [0.2, 0.25) is 0 Å². The smallest absolute Gasteiger partial charge is 0.257 e. The molecule has 0 spiro atoms. The Labute approximate surface area is 141 Å². The van der Waals surface area contributed by atoms with Crippen LogP contribution in [0.3, 0.4) is 0 Å². The lowest BCUT2D eigenvalue weighted by molar-refractivity contribution is -0.114. The first-order valence-corrected chi connectivity index (χ1v) is 7.78. The lowest BCUT2D eigenvalue weighted by atomic mass is 10.1. The van der Waals surface area contributed by atoms with E-state index in [1.54, 1.807) is 18.2 Å². The molecule has 2 N–H and O–H groups in total. The number of halogens is 2. The third-order valence-corrected chi connectivity index (χ3v) is 3.26. The molecule has 5 nitrogen and oxygen atoms in total. The molecule has 1 aromatic rings. The van der Waals surface area contributed by atoms with Gasteiger partial charge in [-0.05, 0) is 24.1 Å². The largest absolute Gasteiger partial charge is 0.377 e. The van der Waals surface area contributed by atoms with Gasteiger partial charge in [0, 0.05) is 32.0 Å². The summed E-state index contributed by atoms with van der Waals surface area (Å²) in [5.41, 5.74) is 1.70. The van der Waals surface area contributed by atoms with Crippen LogP contribution in [-0.4, -0.2) is 37.3 Å². The van der Waals surface area contributed by atoms with Gasteiger partial charge in [0.05, 0.1) is 5.56 Å². The van der Waals surface area contributed by atoms with Crippen molar-refractivity contribution in [3.05, 3.63) is 23.8 Å². The molecule has 1 rings (SSSR count). The highest BCUT2D eigenvalue weighted by Crippen LogP contribution is 2.23. The molecule has 7 heteroatoms. The fourth-order valence-electron chi connectivity index (χ4n) is 1.77. The molecule has 0 aromatic heterocycles. The molecule has 0 unspecified atom stereocenters. The van der Waals surface area contributed by atoms with Crippen molar-refractivity contribution in [2.45, 2.75) is 18.7 Å². The van der Waals surface area contributed by atoms with Gasteiger partial charge in [0.15, 0.2) is 4.84 Å². The maximum absolute atomic E-state index is 12.3. The summed E-state index contributed by atoms with van der Waals surface area (Å²) >= 11 is 11.0. The topological polar surface area (TPSA) is 61.4 Å². The second kappa shape index (κ2) is 8.25. The van der Waals surface area contributed by atoms with Gasteiger partial charge in [-0.2, -0.15) is 0 Å². The fraction of sp³-hybridized carbons (Fsp3) is 0.467. The first-order valence-electron chi connectivity index (χ1n) is 6.91. The first-order chi connectivity index (χ1) is 10.2. The number of hydrogen-bond acceptors (Lipinski definition) is 3. The zero-order valence-electron chi connectivity index (χ0n) is 13.1. The summed E-state index contributed by atoms with van der Waals surface area (Å²) in [5, 5.41) is 5.43. The van der Waals surface area contributed by atoms with E-state index >= 15 is 0 Å². The van der Waals surface area contributed by atoms with Gasteiger partial charge in [-0.1, -0.05) is 37.0 Å². The molecule has 0 aliphatic rings. The number of benzene rings is 1. The van der Waals surface area contributed by atoms with Crippen LogP contribution >= 0.6 is 23.2 Å². The minimum Gasteiger partial charge on any atom is -0.377 e. The van der Waals surface area contributed by atoms with Gasteiger partial charge in [-0.25, -0.2) is 0 Å². The van der Waals surface area contributed by atoms with E-state index in [1.165, 1.54) is 0 Å². The Balaban J connectivity index is 3.04. The van der Waals surface area contributed by atoms with Gasteiger partial charge >= 0.3 is 0 Å². The van der Waals surface area contributed by atoms with Gasteiger partial charge in [-0.15, -0.1) is 0 Å². The lowest BCUT2D eigenvalue weighted by Crippen LogP contribution is -2.29. The van der Waals surface area contributed by atoms with E-state index < -0.39 is 10.7 Å². The van der Waals surface area contributed by atoms with Crippen molar-refractivity contribution in [1.82, 2.24) is 5.32 Å². The van der Waals surface area contributed by atoms with Gasteiger partial charge in [0.25, 0.3) is 11.8 Å². The van der Waals surface area contributed by atoms with E-state index in [0.717, 1.165) is 5.69 Å². The van der Waals surface area contributed by atoms with E-state index in [2.05, 4.69) is 10.6 Å². The van der Waals surface area contributed by atoms with Crippen molar-refractivity contribution in [3.8, 4) is 0 Å². The molecule has 0 saturated carbocycles. The highest BCUT2D eigenvalue weighted by molar-refractivity contribution is 6.54. The van der Waals surface area contributed by atoms with E-state index in [1.807, 2.05) is 32.8 Å². The highest BCUT2D eigenvalue weighted by atomic mass is 35.5. The number of alkyl halides is 2. The van der Waals surface area contributed by atoms with E-state index in [4.69, 9.17) is 23.2 Å². The standard InChI is InChI=1S/C15H21Cl2N3O2/c1-9(2)8-18-14(21)11-7-10(19-15(22)13(16)17)5-6-12(11)20(3)4/h5-7,9,13H,8H2,1-4H3,(H,18,21)(H,19,22). The minimum atomic E-state index is -1.16. The Morgan fingerprint density at radius 2 is 1.86 bits per heavy atom. The van der Waals surface area contributed by atoms with E-state index in [9.17, 15) is 9.59 Å². The van der Waals surface area contributed by atoms with Gasteiger partial charge in [0.1, 0.15) is 0 Å². The molecule has 0 saturated heterocycles. The molecule has 0 aliphatic carbocycles. The number of rotatable bonds is 6. The van der Waals surface area contributed by atoms with Crippen LogP contribution in [0.4, 0.5) is 11.4 Å². The summed E-state index contributed by atoms with van der Waals surface area (Å²) in [7, 11) is 3.70. The number of carbonyl (C=O) groups excluding carboxylic acids is 2. The molecule has 1 aromatic carbocycles.